The zero-order valence-corrected chi connectivity index (χ0v) is 22.5. The summed E-state index contributed by atoms with van der Waals surface area (Å²) in [5.74, 6) is 0.593. The van der Waals surface area contributed by atoms with Gasteiger partial charge >= 0.3 is 0 Å². The molecule has 1 aliphatic rings. The summed E-state index contributed by atoms with van der Waals surface area (Å²) >= 11 is 0. The molecule has 0 radical (unpaired) electrons. The van der Waals surface area contributed by atoms with E-state index in [1.54, 1.807) is 12.3 Å². The van der Waals surface area contributed by atoms with Gasteiger partial charge in [0.1, 0.15) is 6.61 Å². The van der Waals surface area contributed by atoms with Crippen molar-refractivity contribution in [3.63, 3.8) is 0 Å². The lowest BCUT2D eigenvalue weighted by Crippen LogP contribution is -2.09. The summed E-state index contributed by atoms with van der Waals surface area (Å²) in [5.41, 5.74) is 7.80. The topological polar surface area (TPSA) is 86.1 Å². The number of nitrogens with zero attached hydrogens (tertiary/aromatic N) is 3. The van der Waals surface area contributed by atoms with Gasteiger partial charge in [0.05, 0.1) is 24.0 Å². The molecule has 0 saturated carbocycles. The highest BCUT2D eigenvalue weighted by molar-refractivity contribution is 7.92. The maximum absolute atomic E-state index is 11.9. The summed E-state index contributed by atoms with van der Waals surface area (Å²) in [6.45, 7) is 6.90. The molecule has 0 bridgehead atoms. The van der Waals surface area contributed by atoms with Crippen LogP contribution >= 0.6 is 0 Å². The maximum Gasteiger partial charge on any atom is 0.229 e. The summed E-state index contributed by atoms with van der Waals surface area (Å²) in [6, 6.07) is 16.3. The third kappa shape index (κ3) is 4.85. The SMILES string of the molecule is CC/C(=C1\c2cc3cnn(C(CC)CC)c3cc2COc2ncccc21)c1cccc(NS(C)(=O)=O)c1. The van der Waals surface area contributed by atoms with E-state index in [9.17, 15) is 8.42 Å². The molecule has 0 saturated heterocycles. The Balaban J connectivity index is 1.78. The molecule has 7 nitrogen and oxygen atoms in total. The van der Waals surface area contributed by atoms with Crippen LogP contribution in [0.15, 0.2) is 60.9 Å². The fourth-order valence-electron chi connectivity index (χ4n) is 5.24. The Morgan fingerprint density at radius 2 is 1.89 bits per heavy atom. The molecule has 37 heavy (non-hydrogen) atoms. The Hall–Kier alpha value is -3.65. The molecule has 1 N–H and O–H groups in total. The first kappa shape index (κ1) is 25.0. The van der Waals surface area contributed by atoms with Crippen LogP contribution in [0, 0.1) is 0 Å². The van der Waals surface area contributed by atoms with Crippen LogP contribution in [0.25, 0.3) is 22.0 Å². The lowest BCUT2D eigenvalue weighted by Gasteiger charge is -2.18. The number of aromatic nitrogens is 3. The number of anilines is 1. The molecule has 0 fully saturated rings. The van der Waals surface area contributed by atoms with E-state index in [-0.39, 0.29) is 0 Å². The smallest absolute Gasteiger partial charge is 0.229 e. The van der Waals surface area contributed by atoms with Crippen LogP contribution in [-0.2, 0) is 16.6 Å². The highest BCUT2D eigenvalue weighted by atomic mass is 32.2. The van der Waals surface area contributed by atoms with Gasteiger partial charge in [-0.25, -0.2) is 13.4 Å². The first-order chi connectivity index (χ1) is 17.8. The molecule has 0 amide bonds. The van der Waals surface area contributed by atoms with Gasteiger partial charge in [-0.05, 0) is 83.5 Å². The Morgan fingerprint density at radius 3 is 2.62 bits per heavy atom. The first-order valence-electron chi connectivity index (χ1n) is 12.7. The van der Waals surface area contributed by atoms with E-state index in [1.165, 1.54) is 0 Å². The number of fused-ring (bicyclic) bond motifs is 3. The lowest BCUT2D eigenvalue weighted by atomic mass is 9.86. The molecule has 1 aliphatic heterocycles. The molecule has 4 aromatic rings. The van der Waals surface area contributed by atoms with Crippen molar-refractivity contribution in [2.75, 3.05) is 11.0 Å². The van der Waals surface area contributed by atoms with Crippen LogP contribution in [0.2, 0.25) is 0 Å². The number of benzene rings is 2. The fourth-order valence-corrected chi connectivity index (χ4v) is 5.79. The van der Waals surface area contributed by atoms with Gasteiger partial charge in [0.25, 0.3) is 0 Å². The third-order valence-corrected chi connectivity index (χ3v) is 7.56. The van der Waals surface area contributed by atoms with Crippen LogP contribution in [0.5, 0.6) is 5.88 Å². The fraction of sp³-hybridized carbons (Fsp3) is 0.310. The van der Waals surface area contributed by atoms with Crippen LogP contribution in [0.1, 0.15) is 68.3 Å². The van der Waals surface area contributed by atoms with E-state index >= 15 is 0 Å². The van der Waals surface area contributed by atoms with Gasteiger partial charge in [-0.1, -0.05) is 32.9 Å². The molecule has 0 spiro atoms. The number of allylic oxidation sites excluding steroid dienone is 1. The number of pyridine rings is 1. The van der Waals surface area contributed by atoms with Crippen molar-refractivity contribution in [3.05, 3.63) is 83.2 Å². The normalized spacial score (nSPS) is 14.6. The minimum Gasteiger partial charge on any atom is -0.472 e. The summed E-state index contributed by atoms with van der Waals surface area (Å²) in [4.78, 5) is 4.55. The van der Waals surface area contributed by atoms with Crippen molar-refractivity contribution in [2.24, 2.45) is 0 Å². The molecule has 0 atom stereocenters. The zero-order valence-electron chi connectivity index (χ0n) is 21.7. The summed E-state index contributed by atoms with van der Waals surface area (Å²) in [6.07, 6.45) is 7.61. The van der Waals surface area contributed by atoms with Crippen molar-refractivity contribution in [3.8, 4) is 5.88 Å². The van der Waals surface area contributed by atoms with Gasteiger partial charge in [0.2, 0.25) is 15.9 Å². The van der Waals surface area contributed by atoms with Crippen molar-refractivity contribution >= 4 is 37.8 Å². The quantitative estimate of drug-likeness (QED) is 0.306. The molecular weight excluding hydrogens is 484 g/mol. The number of sulfonamides is 1. The minimum absolute atomic E-state index is 0.340. The zero-order chi connectivity index (χ0) is 26.2. The molecule has 8 heteroatoms. The van der Waals surface area contributed by atoms with Gasteiger partial charge < -0.3 is 4.74 Å². The molecule has 0 aliphatic carbocycles. The van der Waals surface area contributed by atoms with Gasteiger partial charge in [0, 0.05) is 22.8 Å². The lowest BCUT2D eigenvalue weighted by molar-refractivity contribution is 0.295. The predicted molar refractivity (Wildman–Crippen MR) is 149 cm³/mol. The Labute approximate surface area is 218 Å². The number of rotatable bonds is 7. The number of hydrogen-bond acceptors (Lipinski definition) is 5. The van der Waals surface area contributed by atoms with E-state index in [4.69, 9.17) is 9.84 Å². The molecule has 2 aromatic carbocycles. The standard InChI is InChI=1S/C29H32N4O3S/c1-5-23(6-2)33-27-16-21-18-36-29-25(12-9-13-30-29)28(26(21)15-20(27)17-31-33)24(7-3)19-10-8-11-22(14-19)32-37(4,34)35/h8-17,23,32H,5-7,18H2,1-4H3/b28-24+. The molecule has 2 aromatic heterocycles. The van der Waals surface area contributed by atoms with E-state index in [0.717, 1.165) is 69.8 Å². The second-order valence-corrected chi connectivity index (χ2v) is 11.2. The van der Waals surface area contributed by atoms with E-state index in [1.807, 2.05) is 36.5 Å². The Kier molecular flexibility index (Phi) is 6.77. The summed E-state index contributed by atoms with van der Waals surface area (Å²) in [7, 11) is -3.39. The highest BCUT2D eigenvalue weighted by Gasteiger charge is 2.25. The molecule has 0 unspecified atom stereocenters. The van der Waals surface area contributed by atoms with Crippen molar-refractivity contribution in [1.29, 1.82) is 0 Å². The average molecular weight is 517 g/mol. The van der Waals surface area contributed by atoms with Gasteiger partial charge in [-0.15, -0.1) is 0 Å². The van der Waals surface area contributed by atoms with Gasteiger partial charge in [-0.2, -0.15) is 5.10 Å². The van der Waals surface area contributed by atoms with Gasteiger partial charge in [0.15, 0.2) is 0 Å². The second kappa shape index (κ2) is 10.0. The first-order valence-corrected chi connectivity index (χ1v) is 14.6. The Morgan fingerprint density at radius 1 is 1.08 bits per heavy atom. The molecule has 5 rings (SSSR count). The van der Waals surface area contributed by atoms with Crippen molar-refractivity contribution < 1.29 is 13.2 Å². The van der Waals surface area contributed by atoms with E-state index < -0.39 is 10.0 Å². The van der Waals surface area contributed by atoms with Crippen LogP contribution in [-0.4, -0.2) is 29.4 Å². The maximum atomic E-state index is 11.9. The molecule has 192 valence electrons. The van der Waals surface area contributed by atoms with Crippen LogP contribution in [0.3, 0.4) is 0 Å². The molecule has 3 heterocycles. The van der Waals surface area contributed by atoms with E-state index in [2.05, 4.69) is 47.3 Å². The third-order valence-electron chi connectivity index (χ3n) is 6.95. The highest BCUT2D eigenvalue weighted by Crippen LogP contribution is 2.43. The van der Waals surface area contributed by atoms with Crippen LogP contribution in [0.4, 0.5) is 5.69 Å². The Bertz CT molecular complexity index is 1600. The second-order valence-electron chi connectivity index (χ2n) is 9.43. The van der Waals surface area contributed by atoms with Crippen LogP contribution < -0.4 is 9.46 Å². The van der Waals surface area contributed by atoms with E-state index in [0.29, 0.717) is 24.2 Å². The summed E-state index contributed by atoms with van der Waals surface area (Å²) < 4.78 is 34.8. The largest absolute Gasteiger partial charge is 0.472 e. The number of ether oxygens (including phenoxy) is 1. The van der Waals surface area contributed by atoms with Crippen molar-refractivity contribution in [2.45, 2.75) is 52.7 Å². The predicted octanol–water partition coefficient (Wildman–Crippen LogP) is 6.43. The molecular formula is C29H32N4O3S. The minimum atomic E-state index is -3.39. The monoisotopic (exact) mass is 516 g/mol. The number of hydrogen-bond donors (Lipinski definition) is 1. The number of nitrogens with one attached hydrogen (secondary N) is 1. The average Bonchev–Trinajstić information content (AvgIpc) is 3.21. The summed E-state index contributed by atoms with van der Waals surface area (Å²) in [5, 5.41) is 5.83. The van der Waals surface area contributed by atoms with Crippen molar-refractivity contribution in [1.82, 2.24) is 14.8 Å². The van der Waals surface area contributed by atoms with Gasteiger partial charge in [-0.3, -0.25) is 9.40 Å².